The molecule has 0 aliphatic rings. The van der Waals surface area contributed by atoms with Gasteiger partial charge >= 0.3 is 0 Å². The van der Waals surface area contributed by atoms with E-state index in [1.54, 1.807) is 0 Å². The number of hydrogen-bond acceptors (Lipinski definition) is 1. The molecule has 12 heavy (non-hydrogen) atoms. The largest absolute Gasteiger partial charge is 0.499 e. The monoisotopic (exact) mass is 186 g/mol. The number of ether oxygens (including phenoxy) is 1. The molecule has 0 aromatic rings. The summed E-state index contributed by atoms with van der Waals surface area (Å²) in [5.74, 6) is 0.989. The Balaban J connectivity index is 3.47. The summed E-state index contributed by atoms with van der Waals surface area (Å²) >= 11 is 0. The van der Waals surface area contributed by atoms with Gasteiger partial charge in [0.15, 0.2) is 0 Å². The molecule has 0 aromatic heterocycles. The van der Waals surface area contributed by atoms with E-state index in [4.69, 9.17) is 4.74 Å². The van der Waals surface area contributed by atoms with Crippen molar-refractivity contribution in [3.63, 3.8) is 0 Å². The van der Waals surface area contributed by atoms with Gasteiger partial charge in [0.1, 0.15) is 0 Å². The fraction of sp³-hybridized carbons (Fsp3) is 0.800. The first-order valence-electron chi connectivity index (χ1n) is 4.76. The molecule has 0 heterocycles. The fourth-order valence-electron chi connectivity index (χ4n) is 1.00. The van der Waals surface area contributed by atoms with Crippen LogP contribution in [0.3, 0.4) is 0 Å². The van der Waals surface area contributed by atoms with Gasteiger partial charge < -0.3 is 4.74 Å². The maximum Gasteiger partial charge on any atom is 0.0876 e. The van der Waals surface area contributed by atoms with Crippen LogP contribution in [-0.2, 0) is 4.74 Å². The fourth-order valence-corrected chi connectivity index (χ4v) is 2.29. The summed E-state index contributed by atoms with van der Waals surface area (Å²) in [5, 5.41) is 0. The minimum absolute atomic E-state index is 0.847. The van der Waals surface area contributed by atoms with E-state index >= 15 is 0 Å². The molecule has 0 saturated carbocycles. The van der Waals surface area contributed by atoms with Crippen molar-refractivity contribution in [3.8, 4) is 0 Å². The highest BCUT2D eigenvalue weighted by Crippen LogP contribution is 2.15. The smallest absolute Gasteiger partial charge is 0.0876 e. The molecule has 0 rings (SSSR count). The normalized spacial score (nSPS) is 11.3. The number of rotatable bonds is 6. The standard InChI is InChI=1S/C10H22OSi/c1-6-7-8-11-10(2)9-12(3,4)5/h2,6-9H2,1,3-5H3. The van der Waals surface area contributed by atoms with Crippen molar-refractivity contribution in [3.05, 3.63) is 12.3 Å². The molecule has 0 radical (unpaired) electrons. The summed E-state index contributed by atoms with van der Waals surface area (Å²) in [4.78, 5) is 0. The summed E-state index contributed by atoms with van der Waals surface area (Å²) in [7, 11) is -1.01. The lowest BCUT2D eigenvalue weighted by Gasteiger charge is -2.17. The average Bonchev–Trinajstić information content (AvgIpc) is 1.84. The lowest BCUT2D eigenvalue weighted by atomic mass is 10.4. The molecule has 0 bridgehead atoms. The van der Waals surface area contributed by atoms with Gasteiger partial charge in [-0.05, 0) is 12.5 Å². The SMILES string of the molecule is C=C(C[Si](C)(C)C)OCCCC. The lowest BCUT2D eigenvalue weighted by molar-refractivity contribution is 0.210. The molecule has 2 heteroatoms. The van der Waals surface area contributed by atoms with Gasteiger partial charge in [0.2, 0.25) is 0 Å². The summed E-state index contributed by atoms with van der Waals surface area (Å²) in [5.41, 5.74) is 0. The third-order valence-corrected chi connectivity index (χ3v) is 2.99. The van der Waals surface area contributed by atoms with E-state index in [2.05, 4.69) is 33.1 Å². The number of hydrogen-bond donors (Lipinski definition) is 0. The second-order valence-electron chi connectivity index (χ2n) is 4.48. The Morgan fingerprint density at radius 1 is 1.33 bits per heavy atom. The average molecular weight is 186 g/mol. The van der Waals surface area contributed by atoms with Crippen molar-refractivity contribution in [2.24, 2.45) is 0 Å². The maximum absolute atomic E-state index is 5.50. The van der Waals surface area contributed by atoms with Crippen molar-refractivity contribution in [2.45, 2.75) is 45.5 Å². The van der Waals surface area contributed by atoms with Crippen molar-refractivity contribution < 1.29 is 4.74 Å². The Bertz CT molecular complexity index is 135. The molecule has 0 aromatic carbocycles. The van der Waals surface area contributed by atoms with E-state index in [1.807, 2.05) is 0 Å². The molecule has 0 spiro atoms. The zero-order valence-electron chi connectivity index (χ0n) is 8.94. The van der Waals surface area contributed by atoms with Gasteiger partial charge in [-0.1, -0.05) is 39.6 Å². The van der Waals surface area contributed by atoms with E-state index in [9.17, 15) is 0 Å². The van der Waals surface area contributed by atoms with Crippen LogP contribution in [0.2, 0.25) is 25.7 Å². The highest BCUT2D eigenvalue weighted by Gasteiger charge is 2.14. The second kappa shape index (κ2) is 5.41. The Labute approximate surface area is 77.8 Å². The second-order valence-corrected chi connectivity index (χ2v) is 9.95. The van der Waals surface area contributed by atoms with E-state index < -0.39 is 8.07 Å². The molecular formula is C10H22OSi. The Kier molecular flexibility index (Phi) is 5.30. The summed E-state index contributed by atoms with van der Waals surface area (Å²) in [6.45, 7) is 13.9. The maximum atomic E-state index is 5.50. The Morgan fingerprint density at radius 3 is 2.33 bits per heavy atom. The summed E-state index contributed by atoms with van der Waals surface area (Å²) < 4.78 is 5.50. The molecule has 72 valence electrons. The van der Waals surface area contributed by atoms with Gasteiger partial charge in [0.25, 0.3) is 0 Å². The van der Waals surface area contributed by atoms with Crippen molar-refractivity contribution >= 4 is 8.07 Å². The highest BCUT2D eigenvalue weighted by atomic mass is 28.3. The minimum Gasteiger partial charge on any atom is -0.499 e. The van der Waals surface area contributed by atoms with Crippen LogP contribution in [0.15, 0.2) is 12.3 Å². The van der Waals surface area contributed by atoms with Gasteiger partial charge in [-0.3, -0.25) is 0 Å². The molecule has 0 N–H and O–H groups in total. The van der Waals surface area contributed by atoms with Gasteiger partial charge in [0, 0.05) is 0 Å². The van der Waals surface area contributed by atoms with Crippen molar-refractivity contribution in [1.29, 1.82) is 0 Å². The van der Waals surface area contributed by atoms with Gasteiger partial charge in [-0.25, -0.2) is 0 Å². The predicted molar refractivity (Wildman–Crippen MR) is 58.2 cm³/mol. The van der Waals surface area contributed by atoms with Crippen LogP contribution in [0, 0.1) is 0 Å². The van der Waals surface area contributed by atoms with Gasteiger partial charge in [0.05, 0.1) is 20.4 Å². The lowest BCUT2D eigenvalue weighted by Crippen LogP contribution is -2.20. The predicted octanol–water partition coefficient (Wildman–Crippen LogP) is 3.66. The third kappa shape index (κ3) is 7.86. The molecule has 1 nitrogen and oxygen atoms in total. The quantitative estimate of drug-likeness (QED) is 0.349. The van der Waals surface area contributed by atoms with Gasteiger partial charge in [-0.15, -0.1) is 0 Å². The number of unbranched alkanes of at least 4 members (excludes halogenated alkanes) is 1. The molecule has 0 fully saturated rings. The molecule has 0 atom stereocenters. The van der Waals surface area contributed by atoms with Crippen molar-refractivity contribution in [1.82, 2.24) is 0 Å². The van der Waals surface area contributed by atoms with E-state index in [0.717, 1.165) is 24.8 Å². The first-order chi connectivity index (χ1) is 5.45. The zero-order chi connectivity index (χ0) is 9.61. The van der Waals surface area contributed by atoms with Crippen molar-refractivity contribution in [2.75, 3.05) is 6.61 Å². The topological polar surface area (TPSA) is 9.23 Å². The zero-order valence-corrected chi connectivity index (χ0v) is 9.94. The summed E-state index contributed by atoms with van der Waals surface area (Å²) in [6.07, 6.45) is 2.34. The first-order valence-corrected chi connectivity index (χ1v) is 8.47. The molecule has 0 aliphatic heterocycles. The minimum atomic E-state index is -1.01. The van der Waals surface area contributed by atoms with E-state index in [1.165, 1.54) is 6.42 Å². The van der Waals surface area contributed by atoms with Crippen LogP contribution in [0.25, 0.3) is 0 Å². The van der Waals surface area contributed by atoms with Crippen LogP contribution in [-0.4, -0.2) is 14.7 Å². The summed E-state index contributed by atoms with van der Waals surface area (Å²) in [6, 6.07) is 1.09. The first kappa shape index (κ1) is 11.8. The molecule has 0 aliphatic carbocycles. The van der Waals surface area contributed by atoms with Crippen LogP contribution in [0.1, 0.15) is 19.8 Å². The van der Waals surface area contributed by atoms with Crippen LogP contribution < -0.4 is 0 Å². The Hall–Kier alpha value is -0.243. The Morgan fingerprint density at radius 2 is 1.92 bits per heavy atom. The molecular weight excluding hydrogens is 164 g/mol. The number of allylic oxidation sites excluding steroid dienone is 1. The third-order valence-electron chi connectivity index (χ3n) is 1.53. The van der Waals surface area contributed by atoms with E-state index in [0.29, 0.717) is 0 Å². The van der Waals surface area contributed by atoms with Crippen LogP contribution in [0.4, 0.5) is 0 Å². The van der Waals surface area contributed by atoms with E-state index in [-0.39, 0.29) is 0 Å². The molecule has 0 saturated heterocycles. The van der Waals surface area contributed by atoms with Gasteiger partial charge in [-0.2, -0.15) is 0 Å². The molecule has 0 unspecified atom stereocenters. The van der Waals surface area contributed by atoms with Crippen LogP contribution >= 0.6 is 0 Å². The van der Waals surface area contributed by atoms with Crippen LogP contribution in [0.5, 0.6) is 0 Å². The molecule has 0 amide bonds. The highest BCUT2D eigenvalue weighted by molar-refractivity contribution is 6.76.